The number of fused-ring (bicyclic) bond motifs is 1. The fraction of sp³-hybridized carbons (Fsp3) is 0.200. The summed E-state index contributed by atoms with van der Waals surface area (Å²) in [5, 5.41) is 0.454. The monoisotopic (exact) mass is 272 g/mol. The van der Waals surface area contributed by atoms with Gasteiger partial charge >= 0.3 is 0 Å². The first kappa shape index (κ1) is 12.2. The molecule has 3 rings (SSSR count). The molecule has 1 aliphatic rings. The van der Waals surface area contributed by atoms with Crippen LogP contribution in [-0.4, -0.2) is 10.9 Å². The van der Waals surface area contributed by atoms with E-state index < -0.39 is 0 Å². The average Bonchev–Trinajstić information content (AvgIpc) is 2.42. The van der Waals surface area contributed by atoms with Crippen LogP contribution in [-0.2, 0) is 17.8 Å². The fourth-order valence-corrected chi connectivity index (χ4v) is 2.59. The highest BCUT2D eigenvalue weighted by molar-refractivity contribution is 6.29. The van der Waals surface area contributed by atoms with Crippen molar-refractivity contribution in [2.24, 2.45) is 0 Å². The van der Waals surface area contributed by atoms with Crippen molar-refractivity contribution in [3.63, 3.8) is 0 Å². The third-order valence-corrected chi connectivity index (χ3v) is 3.53. The molecule has 0 saturated carbocycles. The summed E-state index contributed by atoms with van der Waals surface area (Å²) in [6.07, 6.45) is 3.05. The van der Waals surface area contributed by atoms with Crippen molar-refractivity contribution >= 4 is 23.2 Å². The molecular formula is C15H13ClN2O. The second-order valence-corrected chi connectivity index (χ2v) is 4.98. The van der Waals surface area contributed by atoms with E-state index in [1.165, 1.54) is 5.56 Å². The lowest BCUT2D eigenvalue weighted by molar-refractivity contribution is -0.119. The molecule has 3 nitrogen and oxygen atoms in total. The SMILES string of the molecule is O=C1CCc2ccccc2N1Cc1ccnc(Cl)c1. The summed E-state index contributed by atoms with van der Waals surface area (Å²) in [6, 6.07) is 11.7. The number of pyridine rings is 1. The summed E-state index contributed by atoms with van der Waals surface area (Å²) in [7, 11) is 0. The second kappa shape index (κ2) is 5.02. The van der Waals surface area contributed by atoms with Gasteiger partial charge in [0.15, 0.2) is 0 Å². The van der Waals surface area contributed by atoms with Crippen LogP contribution in [0.25, 0.3) is 0 Å². The molecular weight excluding hydrogens is 260 g/mol. The Morgan fingerprint density at radius 2 is 2.05 bits per heavy atom. The fourth-order valence-electron chi connectivity index (χ4n) is 2.39. The second-order valence-electron chi connectivity index (χ2n) is 4.60. The lowest BCUT2D eigenvalue weighted by Gasteiger charge is -2.29. The number of para-hydroxylation sites is 1. The van der Waals surface area contributed by atoms with Gasteiger partial charge in [-0.25, -0.2) is 4.98 Å². The van der Waals surface area contributed by atoms with Crippen molar-refractivity contribution < 1.29 is 4.79 Å². The van der Waals surface area contributed by atoms with E-state index in [1.807, 2.05) is 29.2 Å². The maximum absolute atomic E-state index is 12.1. The number of hydrogen-bond donors (Lipinski definition) is 0. The van der Waals surface area contributed by atoms with E-state index in [4.69, 9.17) is 11.6 Å². The van der Waals surface area contributed by atoms with E-state index in [0.29, 0.717) is 18.1 Å². The highest BCUT2D eigenvalue weighted by atomic mass is 35.5. The van der Waals surface area contributed by atoms with E-state index in [0.717, 1.165) is 17.7 Å². The normalized spacial score (nSPS) is 14.4. The minimum Gasteiger partial charge on any atom is -0.308 e. The van der Waals surface area contributed by atoms with Crippen LogP contribution in [0.5, 0.6) is 0 Å². The van der Waals surface area contributed by atoms with Crippen LogP contribution in [0.3, 0.4) is 0 Å². The smallest absolute Gasteiger partial charge is 0.227 e. The van der Waals surface area contributed by atoms with Gasteiger partial charge in [0.25, 0.3) is 0 Å². The van der Waals surface area contributed by atoms with Crippen LogP contribution in [0.2, 0.25) is 5.15 Å². The first-order chi connectivity index (χ1) is 9.24. The van der Waals surface area contributed by atoms with Crippen molar-refractivity contribution in [1.82, 2.24) is 4.98 Å². The Labute approximate surface area is 116 Å². The first-order valence-electron chi connectivity index (χ1n) is 6.23. The summed E-state index contributed by atoms with van der Waals surface area (Å²) >= 11 is 5.88. The molecule has 0 atom stereocenters. The molecule has 0 N–H and O–H groups in total. The molecule has 19 heavy (non-hydrogen) atoms. The number of halogens is 1. The van der Waals surface area contributed by atoms with Crippen molar-refractivity contribution in [3.8, 4) is 0 Å². The molecule has 2 heterocycles. The Kier molecular flexibility index (Phi) is 3.22. The van der Waals surface area contributed by atoms with Gasteiger partial charge in [0.1, 0.15) is 5.15 Å². The van der Waals surface area contributed by atoms with Crippen LogP contribution < -0.4 is 4.90 Å². The van der Waals surface area contributed by atoms with Crippen molar-refractivity contribution in [2.75, 3.05) is 4.90 Å². The maximum Gasteiger partial charge on any atom is 0.227 e. The van der Waals surface area contributed by atoms with Crippen molar-refractivity contribution in [3.05, 3.63) is 58.9 Å². The molecule has 96 valence electrons. The Bertz CT molecular complexity index is 627. The topological polar surface area (TPSA) is 33.2 Å². The molecule has 1 aliphatic heterocycles. The van der Waals surface area contributed by atoms with Gasteiger partial charge in [-0.3, -0.25) is 4.79 Å². The quantitative estimate of drug-likeness (QED) is 0.787. The number of amides is 1. The first-order valence-corrected chi connectivity index (χ1v) is 6.60. The van der Waals surface area contributed by atoms with Crippen molar-refractivity contribution in [2.45, 2.75) is 19.4 Å². The van der Waals surface area contributed by atoms with Crippen LogP contribution in [0, 0.1) is 0 Å². The summed E-state index contributed by atoms with van der Waals surface area (Å²) in [5.74, 6) is 0.159. The third-order valence-electron chi connectivity index (χ3n) is 3.32. The molecule has 1 amide bonds. The Morgan fingerprint density at radius 1 is 1.21 bits per heavy atom. The van der Waals surface area contributed by atoms with E-state index >= 15 is 0 Å². The van der Waals surface area contributed by atoms with Gasteiger partial charge in [-0.15, -0.1) is 0 Å². The van der Waals surface area contributed by atoms with E-state index in [2.05, 4.69) is 11.1 Å². The third kappa shape index (κ3) is 2.47. The molecule has 0 aliphatic carbocycles. The lowest BCUT2D eigenvalue weighted by Crippen LogP contribution is -2.34. The molecule has 0 radical (unpaired) electrons. The molecule has 0 saturated heterocycles. The molecule has 0 fully saturated rings. The van der Waals surface area contributed by atoms with E-state index in [9.17, 15) is 4.79 Å². The van der Waals surface area contributed by atoms with Crippen LogP contribution in [0.4, 0.5) is 5.69 Å². The van der Waals surface area contributed by atoms with Gasteiger partial charge in [-0.05, 0) is 35.7 Å². The van der Waals surface area contributed by atoms with Gasteiger partial charge in [0.05, 0.1) is 6.54 Å². The van der Waals surface area contributed by atoms with Gasteiger partial charge < -0.3 is 4.90 Å². The number of benzene rings is 1. The summed E-state index contributed by atoms with van der Waals surface area (Å²) in [4.78, 5) is 17.9. The average molecular weight is 273 g/mol. The molecule has 4 heteroatoms. The molecule has 1 aromatic carbocycles. The molecule has 0 spiro atoms. The van der Waals surface area contributed by atoms with Gasteiger partial charge in [0.2, 0.25) is 5.91 Å². The van der Waals surface area contributed by atoms with Gasteiger partial charge in [0, 0.05) is 18.3 Å². The molecule has 1 aromatic heterocycles. The summed E-state index contributed by atoms with van der Waals surface area (Å²) in [6.45, 7) is 0.540. The standard InChI is InChI=1S/C15H13ClN2O/c16-14-9-11(7-8-17-14)10-18-13-4-2-1-3-12(13)5-6-15(18)19/h1-4,7-9H,5-6,10H2. The zero-order valence-electron chi connectivity index (χ0n) is 10.3. The zero-order valence-corrected chi connectivity index (χ0v) is 11.1. The molecule has 0 bridgehead atoms. The largest absolute Gasteiger partial charge is 0.308 e. The summed E-state index contributed by atoms with van der Waals surface area (Å²) in [5.41, 5.74) is 3.22. The van der Waals surface area contributed by atoms with E-state index in [1.54, 1.807) is 12.3 Å². The highest BCUT2D eigenvalue weighted by Gasteiger charge is 2.23. The maximum atomic E-state index is 12.1. The minimum absolute atomic E-state index is 0.159. The van der Waals surface area contributed by atoms with Crippen LogP contribution in [0.1, 0.15) is 17.5 Å². The molecule has 0 unspecified atom stereocenters. The zero-order chi connectivity index (χ0) is 13.2. The predicted molar refractivity (Wildman–Crippen MR) is 75.2 cm³/mol. The number of anilines is 1. The number of nitrogens with zero attached hydrogens (tertiary/aromatic N) is 2. The Hall–Kier alpha value is -1.87. The number of rotatable bonds is 2. The number of hydrogen-bond acceptors (Lipinski definition) is 2. The number of aromatic nitrogens is 1. The van der Waals surface area contributed by atoms with E-state index in [-0.39, 0.29) is 5.91 Å². The number of carbonyl (C=O) groups excluding carboxylic acids is 1. The number of carbonyl (C=O) groups is 1. The lowest BCUT2D eigenvalue weighted by atomic mass is 10.0. The van der Waals surface area contributed by atoms with Gasteiger partial charge in [-0.1, -0.05) is 29.8 Å². The minimum atomic E-state index is 0.159. The van der Waals surface area contributed by atoms with Crippen molar-refractivity contribution in [1.29, 1.82) is 0 Å². The molecule has 2 aromatic rings. The predicted octanol–water partition coefficient (Wildman–Crippen LogP) is 3.21. The highest BCUT2D eigenvalue weighted by Crippen LogP contribution is 2.29. The Morgan fingerprint density at radius 3 is 2.89 bits per heavy atom. The van der Waals surface area contributed by atoms with Crippen LogP contribution in [0.15, 0.2) is 42.6 Å². The number of aryl methyl sites for hydroxylation is 1. The summed E-state index contributed by atoms with van der Waals surface area (Å²) < 4.78 is 0. The van der Waals surface area contributed by atoms with Crippen LogP contribution >= 0.6 is 11.6 Å². The van der Waals surface area contributed by atoms with Gasteiger partial charge in [-0.2, -0.15) is 0 Å². The Balaban J connectivity index is 1.94.